The second kappa shape index (κ2) is 16.5. The SMILES string of the molecule is CCCCCCOc1ccc(-c2ccc(-c3ccc(C4=CCC(C5CCC(CCCCC)CC5)CC4)c(F)c3)cc2)c(F)c1F. The van der Waals surface area contributed by atoms with E-state index in [1.54, 1.807) is 24.3 Å². The number of ether oxygens (including phenoxy) is 1. The zero-order chi connectivity index (χ0) is 31.6. The van der Waals surface area contributed by atoms with Gasteiger partial charge in [0.1, 0.15) is 5.82 Å². The molecule has 3 aromatic rings. The zero-order valence-electron chi connectivity index (χ0n) is 27.4. The fraction of sp³-hybridized carbons (Fsp3) is 0.512. The van der Waals surface area contributed by atoms with Crippen molar-refractivity contribution in [2.24, 2.45) is 17.8 Å². The highest BCUT2D eigenvalue weighted by molar-refractivity contribution is 5.74. The van der Waals surface area contributed by atoms with Crippen LogP contribution >= 0.6 is 0 Å². The van der Waals surface area contributed by atoms with Gasteiger partial charge in [-0.05, 0) is 96.7 Å². The van der Waals surface area contributed by atoms with Crippen molar-refractivity contribution in [3.8, 4) is 28.0 Å². The molecule has 1 nitrogen and oxygen atoms in total. The molecule has 0 aliphatic heterocycles. The van der Waals surface area contributed by atoms with Gasteiger partial charge in [0.05, 0.1) is 6.61 Å². The molecule has 1 fully saturated rings. The molecule has 2 aliphatic rings. The van der Waals surface area contributed by atoms with Gasteiger partial charge in [0, 0.05) is 11.1 Å². The topological polar surface area (TPSA) is 9.23 Å². The maximum atomic E-state index is 15.4. The molecule has 1 unspecified atom stereocenters. The molecule has 1 saturated carbocycles. The van der Waals surface area contributed by atoms with E-state index in [4.69, 9.17) is 4.74 Å². The van der Waals surface area contributed by atoms with Crippen LogP contribution in [0.25, 0.3) is 27.8 Å². The van der Waals surface area contributed by atoms with Crippen molar-refractivity contribution in [3.05, 3.63) is 83.7 Å². The van der Waals surface area contributed by atoms with Gasteiger partial charge in [0.15, 0.2) is 11.6 Å². The second-order valence-electron chi connectivity index (χ2n) is 13.5. The Hall–Kier alpha value is -3.01. The first-order valence-corrected chi connectivity index (χ1v) is 17.7. The minimum atomic E-state index is -0.960. The maximum Gasteiger partial charge on any atom is 0.201 e. The molecule has 0 spiro atoms. The summed E-state index contributed by atoms with van der Waals surface area (Å²) in [6.45, 7) is 4.78. The van der Waals surface area contributed by atoms with Gasteiger partial charge in [-0.25, -0.2) is 8.78 Å². The largest absolute Gasteiger partial charge is 0.490 e. The smallest absolute Gasteiger partial charge is 0.201 e. The quantitative estimate of drug-likeness (QED) is 0.164. The molecule has 0 bridgehead atoms. The fourth-order valence-corrected chi connectivity index (χ4v) is 7.53. The molecular weight excluding hydrogens is 565 g/mol. The summed E-state index contributed by atoms with van der Waals surface area (Å²) >= 11 is 0. The Balaban J connectivity index is 1.17. The number of halogens is 3. The summed E-state index contributed by atoms with van der Waals surface area (Å²) in [5.41, 5.74) is 4.19. The molecule has 0 saturated heterocycles. The first-order valence-electron chi connectivity index (χ1n) is 17.7. The van der Waals surface area contributed by atoms with Gasteiger partial charge in [-0.1, -0.05) is 114 Å². The Morgan fingerprint density at radius 2 is 1.33 bits per heavy atom. The predicted molar refractivity (Wildman–Crippen MR) is 182 cm³/mol. The number of benzene rings is 3. The van der Waals surface area contributed by atoms with Gasteiger partial charge in [-0.2, -0.15) is 4.39 Å². The molecule has 0 amide bonds. The summed E-state index contributed by atoms with van der Waals surface area (Å²) in [4.78, 5) is 0. The Kier molecular flexibility index (Phi) is 12.2. The molecule has 3 aromatic carbocycles. The van der Waals surface area contributed by atoms with Crippen molar-refractivity contribution in [1.82, 2.24) is 0 Å². The standard InChI is InChI=1S/C41H51F3O/c1-3-5-7-9-27-45-39-26-25-37(40(43)41(39)44)34-21-17-32(18-22-34)35-23-24-36(38(42)28-35)33-19-15-31(16-20-33)30-13-11-29(12-14-30)10-8-6-4-2/h17-19,21-26,28-31H,3-16,20,27H2,1-2H3. The number of hydrogen-bond acceptors (Lipinski definition) is 1. The van der Waals surface area contributed by atoms with Gasteiger partial charge in [-0.15, -0.1) is 0 Å². The summed E-state index contributed by atoms with van der Waals surface area (Å²) in [6.07, 6.45) is 20.5. The average Bonchev–Trinajstić information content (AvgIpc) is 3.07. The number of unbranched alkanes of at least 4 members (excludes halogenated alkanes) is 5. The minimum absolute atomic E-state index is 0.0520. The van der Waals surface area contributed by atoms with E-state index in [0.717, 1.165) is 79.4 Å². The van der Waals surface area contributed by atoms with E-state index in [1.807, 2.05) is 24.3 Å². The molecule has 1 atom stereocenters. The van der Waals surface area contributed by atoms with Crippen LogP contribution in [-0.2, 0) is 0 Å². The molecule has 2 aliphatic carbocycles. The van der Waals surface area contributed by atoms with Crippen LogP contribution in [0.15, 0.2) is 60.7 Å². The highest BCUT2D eigenvalue weighted by Crippen LogP contribution is 2.43. The molecule has 0 radical (unpaired) electrons. The maximum absolute atomic E-state index is 15.4. The van der Waals surface area contributed by atoms with Gasteiger partial charge in [0.25, 0.3) is 0 Å². The van der Waals surface area contributed by atoms with E-state index < -0.39 is 11.6 Å². The van der Waals surface area contributed by atoms with E-state index in [2.05, 4.69) is 19.9 Å². The Bertz CT molecular complexity index is 1400. The first-order chi connectivity index (χ1) is 22.0. The highest BCUT2D eigenvalue weighted by Gasteiger charge is 2.29. The molecule has 4 heteroatoms. The molecule has 0 heterocycles. The van der Waals surface area contributed by atoms with Crippen molar-refractivity contribution in [1.29, 1.82) is 0 Å². The van der Waals surface area contributed by atoms with Crippen molar-refractivity contribution < 1.29 is 17.9 Å². The number of hydrogen-bond donors (Lipinski definition) is 0. The Labute approximate surface area is 269 Å². The molecule has 5 rings (SSSR count). The highest BCUT2D eigenvalue weighted by atomic mass is 19.2. The summed E-state index contributed by atoms with van der Waals surface area (Å²) in [7, 11) is 0. The van der Waals surface area contributed by atoms with Crippen LogP contribution in [-0.4, -0.2) is 6.61 Å². The summed E-state index contributed by atoms with van der Waals surface area (Å²) in [6, 6.07) is 15.7. The third-order valence-electron chi connectivity index (χ3n) is 10.4. The second-order valence-corrected chi connectivity index (χ2v) is 13.5. The van der Waals surface area contributed by atoms with Crippen LogP contribution in [0.5, 0.6) is 5.75 Å². The summed E-state index contributed by atoms with van der Waals surface area (Å²) < 4.78 is 50.6. The lowest BCUT2D eigenvalue weighted by atomic mass is 9.70. The van der Waals surface area contributed by atoms with Crippen LogP contribution in [0.2, 0.25) is 0 Å². The van der Waals surface area contributed by atoms with E-state index in [-0.39, 0.29) is 17.1 Å². The van der Waals surface area contributed by atoms with Crippen molar-refractivity contribution in [2.75, 3.05) is 6.61 Å². The van der Waals surface area contributed by atoms with E-state index in [0.29, 0.717) is 17.7 Å². The fourth-order valence-electron chi connectivity index (χ4n) is 7.53. The van der Waals surface area contributed by atoms with Crippen LogP contribution in [0, 0.1) is 35.2 Å². The van der Waals surface area contributed by atoms with Crippen LogP contribution < -0.4 is 4.74 Å². The van der Waals surface area contributed by atoms with Gasteiger partial charge >= 0.3 is 0 Å². The predicted octanol–water partition coefficient (Wildman–Crippen LogP) is 13.0. The summed E-state index contributed by atoms with van der Waals surface area (Å²) in [5, 5.41) is 0. The monoisotopic (exact) mass is 616 g/mol. The van der Waals surface area contributed by atoms with Crippen molar-refractivity contribution >= 4 is 5.57 Å². The van der Waals surface area contributed by atoms with Gasteiger partial charge in [0.2, 0.25) is 5.82 Å². The van der Waals surface area contributed by atoms with Crippen LogP contribution in [0.4, 0.5) is 13.2 Å². The van der Waals surface area contributed by atoms with E-state index >= 15 is 4.39 Å². The molecule has 242 valence electrons. The lowest BCUT2D eigenvalue weighted by Crippen LogP contribution is -2.23. The Morgan fingerprint density at radius 1 is 0.644 bits per heavy atom. The average molecular weight is 617 g/mol. The Morgan fingerprint density at radius 3 is 2.02 bits per heavy atom. The normalized spacial score (nSPS) is 20.2. The third kappa shape index (κ3) is 8.63. The van der Waals surface area contributed by atoms with Crippen molar-refractivity contribution in [3.63, 3.8) is 0 Å². The van der Waals surface area contributed by atoms with Gasteiger partial charge in [-0.3, -0.25) is 0 Å². The van der Waals surface area contributed by atoms with E-state index in [1.165, 1.54) is 57.4 Å². The molecule has 0 aromatic heterocycles. The van der Waals surface area contributed by atoms with E-state index in [9.17, 15) is 8.78 Å². The first kappa shape index (κ1) is 33.4. The lowest BCUT2D eigenvalue weighted by molar-refractivity contribution is 0.187. The number of rotatable bonds is 14. The van der Waals surface area contributed by atoms with Gasteiger partial charge < -0.3 is 4.74 Å². The lowest BCUT2D eigenvalue weighted by Gasteiger charge is -2.35. The van der Waals surface area contributed by atoms with Crippen molar-refractivity contribution in [2.45, 2.75) is 110 Å². The molecule has 45 heavy (non-hydrogen) atoms. The molecule has 0 N–H and O–H groups in total. The van der Waals surface area contributed by atoms with Crippen LogP contribution in [0.3, 0.4) is 0 Å². The molecular formula is C41H51F3O. The summed E-state index contributed by atoms with van der Waals surface area (Å²) in [5.74, 6) is 0.379. The minimum Gasteiger partial charge on any atom is -0.490 e. The number of allylic oxidation sites excluding steroid dienone is 2. The van der Waals surface area contributed by atoms with Crippen LogP contribution in [0.1, 0.15) is 116 Å². The zero-order valence-corrected chi connectivity index (χ0v) is 27.4. The third-order valence-corrected chi connectivity index (χ3v) is 10.4.